The minimum atomic E-state index is 0.252. The Labute approximate surface area is 182 Å². The van der Waals surface area contributed by atoms with Crippen LogP contribution in [0.4, 0.5) is 5.82 Å². The van der Waals surface area contributed by atoms with E-state index >= 15 is 0 Å². The Morgan fingerprint density at radius 2 is 1.79 bits per heavy atom. The molecule has 3 aromatic rings. The van der Waals surface area contributed by atoms with Crippen molar-refractivity contribution >= 4 is 56.0 Å². The molecular weight excluding hydrogens is 463 g/mol. The summed E-state index contributed by atoms with van der Waals surface area (Å²) < 4.78 is 2.79. The van der Waals surface area contributed by atoms with E-state index in [4.69, 9.17) is 33.2 Å². The van der Waals surface area contributed by atoms with Crippen LogP contribution in [0.2, 0.25) is 10.0 Å². The summed E-state index contributed by atoms with van der Waals surface area (Å²) in [4.78, 5) is 11.8. The molecule has 1 fully saturated rings. The molecule has 0 aliphatic carbocycles. The van der Waals surface area contributed by atoms with Crippen molar-refractivity contribution in [2.24, 2.45) is 5.92 Å². The van der Waals surface area contributed by atoms with E-state index in [1.54, 1.807) is 0 Å². The van der Waals surface area contributed by atoms with Crippen molar-refractivity contribution in [3.8, 4) is 5.69 Å². The highest BCUT2D eigenvalue weighted by molar-refractivity contribution is 9.10. The van der Waals surface area contributed by atoms with Crippen LogP contribution < -0.4 is 4.90 Å². The highest BCUT2D eigenvalue weighted by Crippen LogP contribution is 2.38. The number of aliphatic hydroxyl groups excluding tert-OH is 1. The van der Waals surface area contributed by atoms with Crippen LogP contribution in [0.25, 0.3) is 16.7 Å². The number of hydrogen-bond acceptors (Lipinski definition) is 4. The van der Waals surface area contributed by atoms with Crippen molar-refractivity contribution in [2.45, 2.75) is 26.7 Å². The number of fused-ring (bicyclic) bond motifs is 1. The third-order valence-electron chi connectivity index (χ3n) is 5.32. The number of aromatic nitrogens is 3. The fraction of sp³-hybridized carbons (Fsp3) is 0.400. The van der Waals surface area contributed by atoms with Crippen molar-refractivity contribution in [3.05, 3.63) is 44.2 Å². The van der Waals surface area contributed by atoms with Gasteiger partial charge in [-0.25, -0.2) is 9.97 Å². The van der Waals surface area contributed by atoms with Crippen LogP contribution in [0.5, 0.6) is 0 Å². The molecule has 0 amide bonds. The largest absolute Gasteiger partial charge is 0.396 e. The van der Waals surface area contributed by atoms with E-state index in [-0.39, 0.29) is 6.61 Å². The fourth-order valence-electron chi connectivity index (χ4n) is 3.88. The van der Waals surface area contributed by atoms with Gasteiger partial charge in [-0.2, -0.15) is 0 Å². The summed E-state index contributed by atoms with van der Waals surface area (Å²) in [5.74, 6) is 2.02. The molecule has 0 saturated carbocycles. The number of rotatable bonds is 3. The predicted molar refractivity (Wildman–Crippen MR) is 118 cm³/mol. The maximum atomic E-state index is 9.43. The molecule has 0 unspecified atom stereocenters. The molecule has 3 heterocycles. The molecule has 2 aromatic heterocycles. The van der Waals surface area contributed by atoms with Crippen LogP contribution in [0.1, 0.15) is 24.2 Å². The van der Waals surface area contributed by atoms with Crippen LogP contribution in [0.15, 0.2) is 22.8 Å². The van der Waals surface area contributed by atoms with Crippen molar-refractivity contribution in [2.75, 3.05) is 24.6 Å². The topological polar surface area (TPSA) is 54.2 Å². The Morgan fingerprint density at radius 1 is 1.14 bits per heavy atom. The molecule has 1 aliphatic rings. The highest BCUT2D eigenvalue weighted by atomic mass is 79.9. The van der Waals surface area contributed by atoms with Crippen LogP contribution in [-0.4, -0.2) is 39.3 Å². The minimum absolute atomic E-state index is 0.252. The normalized spacial score (nSPS) is 15.6. The molecule has 1 aliphatic heterocycles. The van der Waals surface area contributed by atoms with E-state index in [1.165, 1.54) is 0 Å². The monoisotopic (exact) mass is 482 g/mol. The molecule has 28 heavy (non-hydrogen) atoms. The van der Waals surface area contributed by atoms with E-state index in [9.17, 15) is 5.11 Å². The SMILES string of the molecule is Cc1nc(N2CCC(CO)CC2)c2c(C)cn(-c3c(Cl)cc(Br)cc3Cl)c2n1. The summed E-state index contributed by atoms with van der Waals surface area (Å²) in [6, 6.07) is 3.66. The zero-order valence-corrected chi connectivity index (χ0v) is 18.8. The summed E-state index contributed by atoms with van der Waals surface area (Å²) in [6.45, 7) is 5.97. The highest BCUT2D eigenvalue weighted by Gasteiger charge is 2.25. The van der Waals surface area contributed by atoms with Gasteiger partial charge in [-0.1, -0.05) is 39.1 Å². The first-order valence-corrected chi connectivity index (χ1v) is 10.8. The van der Waals surface area contributed by atoms with E-state index < -0.39 is 0 Å². The minimum Gasteiger partial charge on any atom is -0.396 e. The van der Waals surface area contributed by atoms with Gasteiger partial charge in [-0.05, 0) is 50.3 Å². The van der Waals surface area contributed by atoms with Gasteiger partial charge >= 0.3 is 0 Å². The number of halogens is 3. The van der Waals surface area contributed by atoms with Crippen molar-refractivity contribution in [1.29, 1.82) is 0 Å². The Kier molecular flexibility index (Phi) is 5.58. The maximum Gasteiger partial charge on any atom is 0.150 e. The molecule has 5 nitrogen and oxygen atoms in total. The van der Waals surface area contributed by atoms with Gasteiger partial charge in [0, 0.05) is 30.4 Å². The summed E-state index contributed by atoms with van der Waals surface area (Å²) >= 11 is 16.5. The average molecular weight is 484 g/mol. The summed E-state index contributed by atoms with van der Waals surface area (Å²) in [6.07, 6.45) is 3.94. The fourth-order valence-corrected chi connectivity index (χ4v) is 5.27. The lowest BCUT2D eigenvalue weighted by atomic mass is 9.98. The van der Waals surface area contributed by atoms with Crippen LogP contribution >= 0.6 is 39.1 Å². The quantitative estimate of drug-likeness (QED) is 0.548. The van der Waals surface area contributed by atoms with Crippen LogP contribution in [-0.2, 0) is 0 Å². The Morgan fingerprint density at radius 3 is 2.39 bits per heavy atom. The number of benzene rings is 1. The van der Waals surface area contributed by atoms with Gasteiger partial charge < -0.3 is 10.0 Å². The zero-order valence-electron chi connectivity index (χ0n) is 15.7. The van der Waals surface area contributed by atoms with E-state index in [0.29, 0.717) is 27.5 Å². The zero-order chi connectivity index (χ0) is 20.0. The molecule has 0 radical (unpaired) electrons. The molecule has 1 saturated heterocycles. The van der Waals surface area contributed by atoms with Gasteiger partial charge in [-0.15, -0.1) is 0 Å². The molecule has 148 valence electrons. The van der Waals surface area contributed by atoms with Gasteiger partial charge in [0.1, 0.15) is 11.6 Å². The first kappa shape index (κ1) is 20.0. The Bertz CT molecular complexity index is 1020. The molecule has 1 N–H and O–H groups in total. The van der Waals surface area contributed by atoms with Gasteiger partial charge in [-0.3, -0.25) is 4.57 Å². The lowest BCUT2D eigenvalue weighted by Crippen LogP contribution is -2.35. The summed E-state index contributed by atoms with van der Waals surface area (Å²) in [5, 5.41) is 11.6. The number of piperidine rings is 1. The molecular formula is C20H21BrCl2N4O. The summed E-state index contributed by atoms with van der Waals surface area (Å²) in [5.41, 5.74) is 2.59. The summed E-state index contributed by atoms with van der Waals surface area (Å²) in [7, 11) is 0. The van der Waals surface area contributed by atoms with Crippen molar-refractivity contribution in [1.82, 2.24) is 14.5 Å². The van der Waals surface area contributed by atoms with Gasteiger partial charge in [0.25, 0.3) is 0 Å². The maximum absolute atomic E-state index is 9.43. The third-order valence-corrected chi connectivity index (χ3v) is 6.36. The lowest BCUT2D eigenvalue weighted by molar-refractivity contribution is 0.203. The first-order chi connectivity index (χ1) is 13.4. The molecule has 8 heteroatoms. The van der Waals surface area contributed by atoms with Crippen molar-refractivity contribution in [3.63, 3.8) is 0 Å². The molecule has 4 rings (SSSR count). The average Bonchev–Trinajstić information content (AvgIpc) is 2.96. The Hall–Kier alpha value is -1.34. The lowest BCUT2D eigenvalue weighted by Gasteiger charge is -2.32. The molecule has 0 spiro atoms. The van der Waals surface area contributed by atoms with Gasteiger partial charge in [0.15, 0.2) is 5.65 Å². The van der Waals surface area contributed by atoms with Gasteiger partial charge in [0.2, 0.25) is 0 Å². The van der Waals surface area contributed by atoms with Gasteiger partial charge in [0.05, 0.1) is 21.1 Å². The molecule has 0 atom stereocenters. The van der Waals surface area contributed by atoms with Crippen LogP contribution in [0.3, 0.4) is 0 Å². The standard InChI is InChI=1S/C20H21BrCl2N4O/c1-11-9-27(18-15(22)7-14(21)8-16(18)23)20-17(11)19(24-12(2)25-20)26-5-3-13(10-28)4-6-26/h7-9,13,28H,3-6,10H2,1-2H3. The predicted octanol–water partition coefficient (Wildman–Crippen LogP) is 5.32. The third kappa shape index (κ3) is 3.52. The van der Waals surface area contributed by atoms with E-state index in [2.05, 4.69) is 27.8 Å². The van der Waals surface area contributed by atoms with E-state index in [1.807, 2.05) is 29.8 Å². The number of aryl methyl sites for hydroxylation is 2. The van der Waals surface area contributed by atoms with Crippen LogP contribution in [0, 0.1) is 19.8 Å². The number of anilines is 1. The van der Waals surface area contributed by atoms with Crippen molar-refractivity contribution < 1.29 is 5.11 Å². The smallest absolute Gasteiger partial charge is 0.150 e. The number of hydrogen-bond donors (Lipinski definition) is 1. The Balaban J connectivity index is 1.88. The second-order valence-corrected chi connectivity index (χ2v) is 9.04. The second kappa shape index (κ2) is 7.82. The first-order valence-electron chi connectivity index (χ1n) is 9.26. The number of nitrogens with zero attached hydrogens (tertiary/aromatic N) is 4. The van der Waals surface area contributed by atoms with E-state index in [0.717, 1.165) is 52.8 Å². The number of aliphatic hydroxyl groups is 1. The molecule has 1 aromatic carbocycles. The molecule has 0 bridgehead atoms. The second-order valence-electron chi connectivity index (χ2n) is 7.31.